The van der Waals surface area contributed by atoms with Gasteiger partial charge >= 0.3 is 6.09 Å². The minimum Gasteiger partial charge on any atom is -0.491 e. The molecule has 0 aliphatic carbocycles. The van der Waals surface area contributed by atoms with Crippen molar-refractivity contribution < 1.29 is 23.5 Å². The molecule has 0 spiro atoms. The number of benzene rings is 2. The average Bonchev–Trinajstić information content (AvgIpc) is 3.08. The number of fused-ring (bicyclic) bond motifs is 1. The number of ether oxygens (including phenoxy) is 2. The number of nitrogens with one attached hydrogen (secondary N) is 3. The fraction of sp³-hybridized carbons (Fsp3) is 0.217. The number of aromatic nitrogens is 2. The van der Waals surface area contributed by atoms with E-state index in [9.17, 15) is 14.0 Å². The molecule has 10 nitrogen and oxygen atoms in total. The molecule has 3 N–H and O–H groups in total. The summed E-state index contributed by atoms with van der Waals surface area (Å²) in [4.78, 5) is 34.3. The quantitative estimate of drug-likeness (QED) is 0.469. The summed E-state index contributed by atoms with van der Waals surface area (Å²) in [5, 5.41) is 8.43. The standard InChI is InChI=1S/C23H22ClFN6O4/c1-26-21(32)14-5-3-6-16(25)19(14)29-20-15(24)12-27-22(30-20)28-13-7-8-17-18(11-13)35-10-4-9-31(17)23(33)34-2/h3,5-8,11-12H,4,9-10H2,1-2H3,(H,26,32)(H2,27,28,29,30). The molecule has 0 bridgehead atoms. The lowest BCUT2D eigenvalue weighted by Crippen LogP contribution is -2.31. The van der Waals surface area contributed by atoms with Crippen LogP contribution in [-0.4, -0.2) is 49.3 Å². The van der Waals surface area contributed by atoms with E-state index >= 15 is 0 Å². The molecule has 2 amide bonds. The normalized spacial score (nSPS) is 12.6. The van der Waals surface area contributed by atoms with Crippen molar-refractivity contribution in [3.8, 4) is 5.75 Å². The van der Waals surface area contributed by atoms with Crippen molar-refractivity contribution in [1.29, 1.82) is 0 Å². The van der Waals surface area contributed by atoms with E-state index in [1.54, 1.807) is 18.2 Å². The van der Waals surface area contributed by atoms with Crippen LogP contribution in [0.1, 0.15) is 16.8 Å². The number of para-hydroxylation sites is 1. The highest BCUT2D eigenvalue weighted by atomic mass is 35.5. The SMILES string of the molecule is CNC(=O)c1cccc(F)c1Nc1nc(Nc2ccc3c(c2)OCCCN3C(=O)OC)ncc1Cl. The molecule has 0 radical (unpaired) electrons. The minimum absolute atomic E-state index is 0.0697. The van der Waals surface area contributed by atoms with E-state index < -0.39 is 17.8 Å². The highest BCUT2D eigenvalue weighted by Crippen LogP contribution is 2.35. The lowest BCUT2D eigenvalue weighted by molar-refractivity contribution is 0.0963. The molecule has 0 saturated heterocycles. The monoisotopic (exact) mass is 500 g/mol. The van der Waals surface area contributed by atoms with Crippen LogP contribution in [0.15, 0.2) is 42.6 Å². The van der Waals surface area contributed by atoms with Crippen molar-refractivity contribution in [1.82, 2.24) is 15.3 Å². The number of rotatable bonds is 5. The van der Waals surface area contributed by atoms with Gasteiger partial charge in [0.2, 0.25) is 5.95 Å². The van der Waals surface area contributed by atoms with E-state index in [1.165, 1.54) is 43.5 Å². The Balaban J connectivity index is 1.61. The van der Waals surface area contributed by atoms with Gasteiger partial charge in [0.1, 0.15) is 16.6 Å². The van der Waals surface area contributed by atoms with Crippen LogP contribution >= 0.6 is 11.6 Å². The third kappa shape index (κ3) is 5.19. The van der Waals surface area contributed by atoms with Gasteiger partial charge in [-0.25, -0.2) is 14.2 Å². The molecule has 0 fully saturated rings. The second kappa shape index (κ2) is 10.4. The van der Waals surface area contributed by atoms with Crippen LogP contribution in [0.2, 0.25) is 5.02 Å². The summed E-state index contributed by atoms with van der Waals surface area (Å²) in [6, 6.07) is 9.30. The smallest absolute Gasteiger partial charge is 0.414 e. The summed E-state index contributed by atoms with van der Waals surface area (Å²) in [7, 11) is 2.78. The Morgan fingerprint density at radius 3 is 2.83 bits per heavy atom. The number of nitrogens with zero attached hydrogens (tertiary/aromatic N) is 3. The number of carbonyl (C=O) groups excluding carboxylic acids is 2. The fourth-order valence-corrected chi connectivity index (χ4v) is 3.63. The van der Waals surface area contributed by atoms with E-state index in [0.29, 0.717) is 36.7 Å². The third-order valence-electron chi connectivity index (χ3n) is 5.16. The molecule has 0 saturated carbocycles. The van der Waals surface area contributed by atoms with Crippen LogP contribution in [0.4, 0.5) is 38.0 Å². The summed E-state index contributed by atoms with van der Waals surface area (Å²) in [5.41, 5.74) is 1.19. The second-order valence-corrected chi connectivity index (χ2v) is 7.80. The Labute approximate surface area is 205 Å². The first kappa shape index (κ1) is 24.0. The zero-order chi connectivity index (χ0) is 24.9. The number of carbonyl (C=O) groups is 2. The molecule has 1 aliphatic rings. The number of methoxy groups -OCH3 is 1. The van der Waals surface area contributed by atoms with Crippen LogP contribution in [-0.2, 0) is 4.74 Å². The number of halogens is 2. The van der Waals surface area contributed by atoms with Gasteiger partial charge in [0.05, 0.1) is 36.9 Å². The van der Waals surface area contributed by atoms with Gasteiger partial charge < -0.3 is 25.4 Å². The highest BCUT2D eigenvalue weighted by Gasteiger charge is 2.23. The summed E-state index contributed by atoms with van der Waals surface area (Å²) < 4.78 is 25.2. The average molecular weight is 501 g/mol. The predicted molar refractivity (Wildman–Crippen MR) is 130 cm³/mol. The molecule has 182 valence electrons. The largest absolute Gasteiger partial charge is 0.491 e. The number of hydrogen-bond donors (Lipinski definition) is 3. The minimum atomic E-state index is -0.645. The number of hydrogen-bond acceptors (Lipinski definition) is 8. The lowest BCUT2D eigenvalue weighted by atomic mass is 10.1. The second-order valence-electron chi connectivity index (χ2n) is 7.39. The van der Waals surface area contributed by atoms with E-state index in [0.717, 1.165) is 0 Å². The predicted octanol–water partition coefficient (Wildman–Crippen LogP) is 4.47. The summed E-state index contributed by atoms with van der Waals surface area (Å²) in [5.74, 6) is -0.364. The Hall–Kier alpha value is -4.12. The van der Waals surface area contributed by atoms with Gasteiger partial charge in [-0.05, 0) is 30.7 Å². The number of amides is 2. The molecular formula is C23H22ClFN6O4. The Morgan fingerprint density at radius 2 is 2.06 bits per heavy atom. The van der Waals surface area contributed by atoms with Gasteiger partial charge in [-0.1, -0.05) is 17.7 Å². The maximum Gasteiger partial charge on any atom is 0.414 e. The lowest BCUT2D eigenvalue weighted by Gasteiger charge is -2.20. The molecule has 3 aromatic rings. The Kier molecular flexibility index (Phi) is 7.16. The van der Waals surface area contributed by atoms with Crippen molar-refractivity contribution in [3.05, 3.63) is 59.0 Å². The molecule has 4 rings (SSSR count). The fourth-order valence-electron chi connectivity index (χ4n) is 3.49. The van der Waals surface area contributed by atoms with Crippen molar-refractivity contribution >= 4 is 52.4 Å². The Morgan fingerprint density at radius 1 is 1.23 bits per heavy atom. The molecule has 2 heterocycles. The molecular weight excluding hydrogens is 479 g/mol. The van der Waals surface area contributed by atoms with Crippen molar-refractivity contribution in [2.75, 3.05) is 42.8 Å². The van der Waals surface area contributed by atoms with Crippen molar-refractivity contribution in [2.24, 2.45) is 0 Å². The van der Waals surface area contributed by atoms with E-state index in [-0.39, 0.29) is 28.0 Å². The topological polar surface area (TPSA) is 118 Å². The summed E-state index contributed by atoms with van der Waals surface area (Å²) >= 11 is 6.23. The summed E-state index contributed by atoms with van der Waals surface area (Å²) in [6.45, 7) is 0.904. The van der Waals surface area contributed by atoms with Crippen LogP contribution in [0, 0.1) is 5.82 Å². The maximum atomic E-state index is 14.5. The zero-order valence-corrected chi connectivity index (χ0v) is 19.6. The first-order chi connectivity index (χ1) is 16.9. The third-order valence-corrected chi connectivity index (χ3v) is 5.43. The van der Waals surface area contributed by atoms with Crippen molar-refractivity contribution in [3.63, 3.8) is 0 Å². The molecule has 1 aromatic heterocycles. The van der Waals surface area contributed by atoms with Gasteiger partial charge in [-0.3, -0.25) is 9.69 Å². The summed E-state index contributed by atoms with van der Waals surface area (Å²) in [6.07, 6.45) is 1.52. The van der Waals surface area contributed by atoms with E-state index in [1.807, 2.05) is 0 Å². The van der Waals surface area contributed by atoms with E-state index in [2.05, 4.69) is 25.9 Å². The van der Waals surface area contributed by atoms with Crippen molar-refractivity contribution in [2.45, 2.75) is 6.42 Å². The van der Waals surface area contributed by atoms with E-state index in [4.69, 9.17) is 21.1 Å². The maximum absolute atomic E-state index is 14.5. The highest BCUT2D eigenvalue weighted by molar-refractivity contribution is 6.33. The molecule has 2 aromatic carbocycles. The van der Waals surface area contributed by atoms with Gasteiger partial charge in [-0.15, -0.1) is 0 Å². The van der Waals surface area contributed by atoms with Gasteiger partial charge in [-0.2, -0.15) is 4.98 Å². The first-order valence-corrected chi connectivity index (χ1v) is 11.0. The first-order valence-electron chi connectivity index (χ1n) is 10.6. The molecule has 1 aliphatic heterocycles. The number of anilines is 5. The molecule has 0 unspecified atom stereocenters. The molecule has 12 heteroatoms. The van der Waals surface area contributed by atoms with Gasteiger partial charge in [0.15, 0.2) is 5.82 Å². The molecule has 35 heavy (non-hydrogen) atoms. The Bertz CT molecular complexity index is 1270. The van der Waals surface area contributed by atoms with Crippen LogP contribution in [0.3, 0.4) is 0 Å². The van der Waals surface area contributed by atoms with Gasteiger partial charge in [0, 0.05) is 25.3 Å². The van der Waals surface area contributed by atoms with Crippen LogP contribution in [0.25, 0.3) is 0 Å². The van der Waals surface area contributed by atoms with Gasteiger partial charge in [0.25, 0.3) is 5.91 Å². The zero-order valence-electron chi connectivity index (χ0n) is 18.9. The van der Waals surface area contributed by atoms with Crippen LogP contribution < -0.4 is 25.6 Å². The molecule has 0 atom stereocenters. The van der Waals surface area contributed by atoms with Crippen LogP contribution in [0.5, 0.6) is 5.75 Å².